The fraction of sp³-hybridized carbons (Fsp3) is 0. The number of rotatable bonds is 4. The molecule has 2 heterocycles. The molecule has 0 spiro atoms. The number of anilines is 3. The van der Waals surface area contributed by atoms with Crippen LogP contribution >= 0.6 is 11.3 Å². The van der Waals surface area contributed by atoms with Crippen LogP contribution in [0.4, 0.5) is 17.1 Å². The van der Waals surface area contributed by atoms with Crippen LogP contribution in [0.1, 0.15) is 0 Å². The molecule has 0 atom stereocenters. The summed E-state index contributed by atoms with van der Waals surface area (Å²) in [5, 5.41) is 9.97. The SMILES string of the molecule is c1ccc(-c2cccc3c2oc2cc(N(c4ccccc4)c4cc5sc6ccc7ccccc7c6c5c5ccccc45)ccc23)cc1. The normalized spacial score (nSPS) is 11.8. The molecule has 0 aliphatic carbocycles. The summed E-state index contributed by atoms with van der Waals surface area (Å²) >= 11 is 1.87. The van der Waals surface area contributed by atoms with E-state index in [1.807, 2.05) is 11.3 Å². The average molecular weight is 618 g/mol. The standard InChI is InChI=1S/C44H27NOS/c1-3-12-28(13-4-1)33-20-11-21-37-35-24-23-31(26-39(35)46-44(33)37)45(30-15-5-2-6-16-30)38-27-41-43(36-19-10-9-18-34(36)38)42-32-17-8-7-14-29(32)22-25-40(42)47-41/h1-27H. The van der Waals surface area contributed by atoms with Gasteiger partial charge >= 0.3 is 0 Å². The molecule has 0 N–H and O–H groups in total. The van der Waals surface area contributed by atoms with Gasteiger partial charge in [0.2, 0.25) is 0 Å². The lowest BCUT2D eigenvalue weighted by molar-refractivity contribution is 0.670. The molecule has 0 saturated carbocycles. The van der Waals surface area contributed by atoms with Crippen LogP contribution in [0.5, 0.6) is 0 Å². The van der Waals surface area contributed by atoms with Crippen molar-refractivity contribution in [2.75, 3.05) is 4.90 Å². The lowest BCUT2D eigenvalue weighted by Crippen LogP contribution is -2.10. The molecule has 220 valence electrons. The van der Waals surface area contributed by atoms with Crippen LogP contribution < -0.4 is 4.90 Å². The number of thiophene rings is 1. The first-order valence-electron chi connectivity index (χ1n) is 15.9. The van der Waals surface area contributed by atoms with Gasteiger partial charge in [0.25, 0.3) is 0 Å². The third kappa shape index (κ3) is 4.04. The Morgan fingerprint density at radius 3 is 2.00 bits per heavy atom. The fourth-order valence-corrected chi connectivity index (χ4v) is 8.51. The first-order valence-corrected chi connectivity index (χ1v) is 16.7. The summed E-state index contributed by atoms with van der Waals surface area (Å²) in [7, 11) is 0. The van der Waals surface area contributed by atoms with Gasteiger partial charge in [0.15, 0.2) is 0 Å². The monoisotopic (exact) mass is 617 g/mol. The van der Waals surface area contributed by atoms with Gasteiger partial charge in [-0.3, -0.25) is 0 Å². The first-order chi connectivity index (χ1) is 23.3. The molecule has 0 amide bonds. The Balaban J connectivity index is 1.24. The third-order valence-corrected chi connectivity index (χ3v) is 10.5. The van der Waals surface area contributed by atoms with Gasteiger partial charge in [-0.05, 0) is 58.1 Å². The Kier molecular flexibility index (Phi) is 5.78. The second-order valence-corrected chi connectivity index (χ2v) is 13.2. The maximum absolute atomic E-state index is 6.71. The minimum atomic E-state index is 0.875. The summed E-state index contributed by atoms with van der Waals surface area (Å²) in [4.78, 5) is 2.38. The van der Waals surface area contributed by atoms with Crippen LogP contribution in [-0.2, 0) is 0 Å². The Hall–Kier alpha value is -5.90. The molecule has 0 aliphatic rings. The van der Waals surface area contributed by atoms with Gasteiger partial charge in [-0.2, -0.15) is 0 Å². The van der Waals surface area contributed by atoms with E-state index in [1.54, 1.807) is 0 Å². The topological polar surface area (TPSA) is 16.4 Å². The van der Waals surface area contributed by atoms with E-state index in [0.29, 0.717) is 0 Å². The zero-order valence-electron chi connectivity index (χ0n) is 25.4. The van der Waals surface area contributed by atoms with E-state index in [-0.39, 0.29) is 0 Å². The highest BCUT2D eigenvalue weighted by atomic mass is 32.1. The maximum atomic E-state index is 6.71. The van der Waals surface area contributed by atoms with Gasteiger partial charge in [0.1, 0.15) is 11.2 Å². The van der Waals surface area contributed by atoms with Crippen LogP contribution in [0.15, 0.2) is 168 Å². The maximum Gasteiger partial charge on any atom is 0.143 e. The summed E-state index contributed by atoms with van der Waals surface area (Å²) in [6.07, 6.45) is 0. The predicted molar refractivity (Wildman–Crippen MR) is 202 cm³/mol. The van der Waals surface area contributed by atoms with Crippen molar-refractivity contribution < 1.29 is 4.42 Å². The highest BCUT2D eigenvalue weighted by Crippen LogP contribution is 2.48. The van der Waals surface area contributed by atoms with Crippen LogP contribution in [0.3, 0.4) is 0 Å². The van der Waals surface area contributed by atoms with Gasteiger partial charge in [-0.1, -0.05) is 121 Å². The smallest absolute Gasteiger partial charge is 0.143 e. The minimum Gasteiger partial charge on any atom is -0.455 e. The van der Waals surface area contributed by atoms with E-state index in [0.717, 1.165) is 50.1 Å². The lowest BCUT2D eigenvalue weighted by atomic mass is 9.98. The Morgan fingerprint density at radius 1 is 0.447 bits per heavy atom. The number of nitrogens with zero attached hydrogens (tertiary/aromatic N) is 1. The van der Waals surface area contributed by atoms with Crippen molar-refractivity contribution in [2.45, 2.75) is 0 Å². The second-order valence-electron chi connectivity index (χ2n) is 12.1. The summed E-state index contributed by atoms with van der Waals surface area (Å²) in [5.74, 6) is 0. The molecule has 0 bridgehead atoms. The predicted octanol–water partition coefficient (Wildman–Crippen LogP) is 13.4. The van der Waals surface area contributed by atoms with Crippen molar-refractivity contribution in [3.8, 4) is 11.1 Å². The highest BCUT2D eigenvalue weighted by Gasteiger charge is 2.21. The molecule has 47 heavy (non-hydrogen) atoms. The Morgan fingerprint density at radius 2 is 1.15 bits per heavy atom. The number of benzene rings is 8. The summed E-state index contributed by atoms with van der Waals surface area (Å²) < 4.78 is 9.31. The van der Waals surface area contributed by atoms with E-state index < -0.39 is 0 Å². The van der Waals surface area contributed by atoms with Gasteiger partial charge in [0.05, 0.1) is 5.69 Å². The summed E-state index contributed by atoms with van der Waals surface area (Å²) in [5.41, 5.74) is 7.36. The number of hydrogen-bond donors (Lipinski definition) is 0. The molecular weight excluding hydrogens is 591 g/mol. The molecular formula is C44H27NOS. The average Bonchev–Trinajstić information content (AvgIpc) is 3.71. The fourth-order valence-electron chi connectivity index (χ4n) is 7.34. The molecule has 2 nitrogen and oxygen atoms in total. The van der Waals surface area contributed by atoms with Crippen molar-refractivity contribution >= 4 is 92.1 Å². The number of hydrogen-bond acceptors (Lipinski definition) is 3. The zero-order valence-corrected chi connectivity index (χ0v) is 26.2. The number of para-hydroxylation sites is 2. The molecule has 10 aromatic rings. The van der Waals surface area contributed by atoms with E-state index in [9.17, 15) is 0 Å². The van der Waals surface area contributed by atoms with Crippen molar-refractivity contribution in [3.63, 3.8) is 0 Å². The lowest BCUT2D eigenvalue weighted by Gasteiger charge is -2.27. The van der Waals surface area contributed by atoms with E-state index in [1.165, 1.54) is 41.7 Å². The third-order valence-electron chi connectivity index (χ3n) is 9.43. The van der Waals surface area contributed by atoms with Crippen LogP contribution in [0.2, 0.25) is 0 Å². The minimum absolute atomic E-state index is 0.875. The Bertz CT molecular complexity index is 2790. The van der Waals surface area contributed by atoms with Gasteiger partial charge in [0, 0.05) is 59.3 Å². The van der Waals surface area contributed by atoms with Crippen molar-refractivity contribution in [3.05, 3.63) is 164 Å². The number of fused-ring (bicyclic) bond motifs is 10. The molecule has 8 aromatic carbocycles. The van der Waals surface area contributed by atoms with Crippen molar-refractivity contribution in [2.24, 2.45) is 0 Å². The van der Waals surface area contributed by atoms with Gasteiger partial charge < -0.3 is 9.32 Å². The largest absolute Gasteiger partial charge is 0.455 e. The molecule has 0 unspecified atom stereocenters. The zero-order chi connectivity index (χ0) is 30.9. The van der Waals surface area contributed by atoms with Crippen LogP contribution in [0, 0.1) is 0 Å². The molecule has 0 fully saturated rings. The van der Waals surface area contributed by atoms with Crippen molar-refractivity contribution in [1.82, 2.24) is 0 Å². The molecule has 0 aliphatic heterocycles. The molecule has 10 rings (SSSR count). The molecule has 3 heteroatoms. The van der Waals surface area contributed by atoms with E-state index in [2.05, 4.69) is 169 Å². The van der Waals surface area contributed by atoms with Crippen molar-refractivity contribution in [1.29, 1.82) is 0 Å². The van der Waals surface area contributed by atoms with Gasteiger partial charge in [-0.15, -0.1) is 11.3 Å². The summed E-state index contributed by atoms with van der Waals surface area (Å²) in [6, 6.07) is 58.8. The Labute approximate surface area is 275 Å². The number of furan rings is 1. The molecule has 0 saturated heterocycles. The molecule has 0 radical (unpaired) electrons. The quantitative estimate of drug-likeness (QED) is 0.195. The second kappa shape index (κ2) is 10.3. The van der Waals surface area contributed by atoms with Crippen LogP contribution in [0.25, 0.3) is 74.8 Å². The van der Waals surface area contributed by atoms with Crippen LogP contribution in [-0.4, -0.2) is 0 Å². The molecule has 2 aromatic heterocycles. The van der Waals surface area contributed by atoms with Gasteiger partial charge in [-0.25, -0.2) is 0 Å². The highest BCUT2D eigenvalue weighted by molar-refractivity contribution is 7.26. The van der Waals surface area contributed by atoms with E-state index >= 15 is 0 Å². The van der Waals surface area contributed by atoms with E-state index in [4.69, 9.17) is 4.42 Å². The first kappa shape index (κ1) is 26.3. The summed E-state index contributed by atoms with van der Waals surface area (Å²) in [6.45, 7) is 0.